The van der Waals surface area contributed by atoms with Crippen molar-refractivity contribution in [3.8, 4) is 5.75 Å². The molecule has 162 valence electrons. The van der Waals surface area contributed by atoms with Gasteiger partial charge in [0.2, 0.25) is 11.8 Å². The van der Waals surface area contributed by atoms with E-state index >= 15 is 0 Å². The number of carbonyl (C=O) groups excluding carboxylic acids is 3. The van der Waals surface area contributed by atoms with Crippen molar-refractivity contribution in [2.75, 3.05) is 25.5 Å². The summed E-state index contributed by atoms with van der Waals surface area (Å²) in [5.41, 5.74) is 0.536. The molecular formula is C21H20ClN3O6. The minimum Gasteiger partial charge on any atom is -0.496 e. The quantitative estimate of drug-likeness (QED) is 0.649. The van der Waals surface area contributed by atoms with Gasteiger partial charge in [-0.2, -0.15) is 0 Å². The zero-order valence-corrected chi connectivity index (χ0v) is 17.3. The molecule has 0 aromatic heterocycles. The van der Waals surface area contributed by atoms with Crippen LogP contribution in [0.2, 0.25) is 5.02 Å². The highest BCUT2D eigenvalue weighted by atomic mass is 35.5. The maximum atomic E-state index is 13.1. The number of urea groups is 1. The first-order valence-electron chi connectivity index (χ1n) is 9.34. The molecule has 10 heteroatoms. The number of imide groups is 1. The molecule has 1 heterocycles. The maximum Gasteiger partial charge on any atom is 0.337 e. The molecule has 9 nitrogen and oxygen atoms in total. The number of hydrogen-bond donors (Lipinski definition) is 3. The molecule has 1 unspecified atom stereocenters. The molecule has 1 aliphatic rings. The fourth-order valence-corrected chi connectivity index (χ4v) is 3.48. The van der Waals surface area contributed by atoms with Crippen LogP contribution in [0.5, 0.6) is 5.75 Å². The first kappa shape index (κ1) is 22.1. The number of carbonyl (C=O) groups is 4. The van der Waals surface area contributed by atoms with Gasteiger partial charge in [0.15, 0.2) is 0 Å². The van der Waals surface area contributed by atoms with Gasteiger partial charge in [-0.1, -0.05) is 23.7 Å². The van der Waals surface area contributed by atoms with Crippen LogP contribution in [0.4, 0.5) is 10.5 Å². The van der Waals surface area contributed by atoms with Crippen molar-refractivity contribution in [3.05, 3.63) is 58.6 Å². The molecule has 4 amide bonds. The third kappa shape index (κ3) is 5.13. The second-order valence-corrected chi connectivity index (χ2v) is 7.30. The van der Waals surface area contributed by atoms with Crippen molar-refractivity contribution in [2.24, 2.45) is 5.92 Å². The molecule has 1 saturated heterocycles. The van der Waals surface area contributed by atoms with E-state index in [1.807, 2.05) is 0 Å². The van der Waals surface area contributed by atoms with E-state index in [-0.39, 0.29) is 24.2 Å². The van der Waals surface area contributed by atoms with E-state index in [4.69, 9.17) is 16.3 Å². The molecule has 1 fully saturated rings. The van der Waals surface area contributed by atoms with E-state index in [2.05, 4.69) is 10.6 Å². The van der Waals surface area contributed by atoms with E-state index in [1.165, 1.54) is 25.3 Å². The Labute approximate surface area is 182 Å². The van der Waals surface area contributed by atoms with Crippen LogP contribution in [0, 0.1) is 5.92 Å². The van der Waals surface area contributed by atoms with Gasteiger partial charge in [-0.25, -0.2) is 9.59 Å². The average Bonchev–Trinajstić information content (AvgIpc) is 2.87. The van der Waals surface area contributed by atoms with E-state index < -0.39 is 36.3 Å². The van der Waals surface area contributed by atoms with Crippen LogP contribution >= 0.6 is 11.6 Å². The van der Waals surface area contributed by atoms with Crippen LogP contribution in [-0.4, -0.2) is 54.0 Å². The minimum absolute atomic E-state index is 0.0190. The number of nitrogens with zero attached hydrogens (tertiary/aromatic N) is 1. The first-order chi connectivity index (χ1) is 14.8. The highest BCUT2D eigenvalue weighted by Gasteiger charge is 2.34. The summed E-state index contributed by atoms with van der Waals surface area (Å²) in [6.45, 7) is -0.452. The number of amides is 4. The topological polar surface area (TPSA) is 125 Å². The minimum atomic E-state index is -1.23. The lowest BCUT2D eigenvalue weighted by Gasteiger charge is -2.22. The van der Waals surface area contributed by atoms with Crippen LogP contribution in [-0.2, 0) is 16.0 Å². The lowest BCUT2D eigenvalue weighted by atomic mass is 9.97. The number of hydrogen-bond acceptors (Lipinski definition) is 5. The van der Waals surface area contributed by atoms with Gasteiger partial charge in [0, 0.05) is 11.6 Å². The summed E-state index contributed by atoms with van der Waals surface area (Å²) in [6, 6.07) is 9.88. The molecule has 2 aromatic carbocycles. The van der Waals surface area contributed by atoms with Crippen molar-refractivity contribution in [3.63, 3.8) is 0 Å². The van der Waals surface area contributed by atoms with Crippen LogP contribution < -0.4 is 15.4 Å². The molecule has 3 N–H and O–H groups in total. The molecule has 3 rings (SSSR count). The predicted octanol–water partition coefficient (Wildman–Crippen LogP) is 2.40. The number of rotatable bonds is 5. The standard InChI is InChI=1S/C21H20ClN3O6/c1-31-17-7-6-14(22)9-12(17)8-13-10-23-18(26)11-25(19(13)27)21(30)24-16-5-3-2-4-15(16)20(28)29/h2-7,9,13H,8,10-11H2,1H3,(H,23,26)(H,24,30)(H,28,29). The molecule has 1 atom stereocenters. The molecule has 2 aromatic rings. The number of anilines is 1. The summed E-state index contributed by atoms with van der Waals surface area (Å²) < 4.78 is 5.31. The van der Waals surface area contributed by atoms with Crippen LogP contribution in [0.3, 0.4) is 0 Å². The molecule has 0 aliphatic carbocycles. The summed E-state index contributed by atoms with van der Waals surface area (Å²) in [5, 5.41) is 14.8. The predicted molar refractivity (Wildman–Crippen MR) is 112 cm³/mol. The lowest BCUT2D eigenvalue weighted by Crippen LogP contribution is -2.45. The molecule has 0 bridgehead atoms. The van der Waals surface area contributed by atoms with Gasteiger partial charge in [0.05, 0.1) is 24.3 Å². The Hall–Kier alpha value is -3.59. The van der Waals surface area contributed by atoms with Gasteiger partial charge in [-0.05, 0) is 42.3 Å². The Morgan fingerprint density at radius 1 is 1.26 bits per heavy atom. The van der Waals surface area contributed by atoms with E-state index in [0.717, 1.165) is 4.90 Å². The number of benzene rings is 2. The zero-order valence-electron chi connectivity index (χ0n) is 16.6. The van der Waals surface area contributed by atoms with Gasteiger partial charge in [-0.15, -0.1) is 0 Å². The molecule has 0 saturated carbocycles. The summed E-state index contributed by atoms with van der Waals surface area (Å²) >= 11 is 6.06. The fourth-order valence-electron chi connectivity index (χ4n) is 3.29. The summed E-state index contributed by atoms with van der Waals surface area (Å²) in [7, 11) is 1.49. The number of carboxylic acids is 1. The van der Waals surface area contributed by atoms with Crippen LogP contribution in [0.1, 0.15) is 15.9 Å². The number of methoxy groups -OCH3 is 1. The highest BCUT2D eigenvalue weighted by molar-refractivity contribution is 6.30. The molecule has 0 spiro atoms. The van der Waals surface area contributed by atoms with Crippen molar-refractivity contribution < 1.29 is 29.0 Å². The Morgan fingerprint density at radius 3 is 2.71 bits per heavy atom. The third-order valence-electron chi connectivity index (χ3n) is 4.82. The SMILES string of the molecule is COc1ccc(Cl)cc1CC1CNC(=O)CN(C(=O)Nc2ccccc2C(=O)O)C1=O. The van der Waals surface area contributed by atoms with Gasteiger partial charge in [0.25, 0.3) is 0 Å². The molecule has 0 radical (unpaired) electrons. The van der Waals surface area contributed by atoms with Gasteiger partial charge in [-0.3, -0.25) is 14.5 Å². The molecular weight excluding hydrogens is 426 g/mol. The normalized spacial score (nSPS) is 16.3. The number of para-hydroxylation sites is 1. The number of carboxylic acid groups (broad SMARTS) is 1. The third-order valence-corrected chi connectivity index (χ3v) is 5.05. The maximum absolute atomic E-state index is 13.1. The van der Waals surface area contributed by atoms with Crippen LogP contribution in [0.15, 0.2) is 42.5 Å². The lowest BCUT2D eigenvalue weighted by molar-refractivity contribution is -0.133. The van der Waals surface area contributed by atoms with E-state index in [9.17, 15) is 24.3 Å². The van der Waals surface area contributed by atoms with Crippen LogP contribution in [0.25, 0.3) is 0 Å². The summed E-state index contributed by atoms with van der Waals surface area (Å²) in [6.07, 6.45) is 0.179. The average molecular weight is 446 g/mol. The highest BCUT2D eigenvalue weighted by Crippen LogP contribution is 2.26. The largest absolute Gasteiger partial charge is 0.496 e. The molecule has 1 aliphatic heterocycles. The van der Waals surface area contributed by atoms with Crippen molar-refractivity contribution in [1.82, 2.24) is 10.2 Å². The van der Waals surface area contributed by atoms with Crippen molar-refractivity contribution >= 4 is 41.1 Å². The van der Waals surface area contributed by atoms with Gasteiger partial charge in [0.1, 0.15) is 12.3 Å². The molecule has 31 heavy (non-hydrogen) atoms. The Bertz CT molecular complexity index is 1040. The summed E-state index contributed by atoms with van der Waals surface area (Å²) in [4.78, 5) is 50.2. The van der Waals surface area contributed by atoms with E-state index in [0.29, 0.717) is 16.3 Å². The van der Waals surface area contributed by atoms with Gasteiger partial charge < -0.3 is 20.5 Å². The Balaban J connectivity index is 1.84. The first-order valence-corrected chi connectivity index (χ1v) is 9.71. The summed E-state index contributed by atoms with van der Waals surface area (Å²) in [5.74, 6) is -2.54. The monoisotopic (exact) mass is 445 g/mol. The number of ether oxygens (including phenoxy) is 1. The second kappa shape index (κ2) is 9.48. The second-order valence-electron chi connectivity index (χ2n) is 6.87. The zero-order chi connectivity index (χ0) is 22.5. The smallest absolute Gasteiger partial charge is 0.337 e. The number of nitrogens with one attached hydrogen (secondary N) is 2. The van der Waals surface area contributed by atoms with E-state index in [1.54, 1.807) is 24.3 Å². The van der Waals surface area contributed by atoms with Crippen molar-refractivity contribution in [1.29, 1.82) is 0 Å². The Kier molecular flexibility index (Phi) is 6.76. The van der Waals surface area contributed by atoms with Crippen molar-refractivity contribution in [2.45, 2.75) is 6.42 Å². The van der Waals surface area contributed by atoms with Gasteiger partial charge >= 0.3 is 12.0 Å². The number of aromatic carboxylic acids is 1. The number of halogens is 1. The Morgan fingerprint density at radius 2 is 2.00 bits per heavy atom. The fraction of sp³-hybridized carbons (Fsp3) is 0.238.